The van der Waals surface area contributed by atoms with Crippen LogP contribution in [0.2, 0.25) is 0 Å². The minimum absolute atomic E-state index is 0. The zero-order valence-corrected chi connectivity index (χ0v) is 15.4. The third kappa shape index (κ3) is 3.51. The second-order valence-electron chi connectivity index (χ2n) is 5.16. The molecule has 0 saturated heterocycles. The molecule has 1 aromatic heterocycles. The molecule has 0 spiro atoms. The first-order valence-electron chi connectivity index (χ1n) is 7.07. The molecule has 0 N–H and O–H groups in total. The van der Waals surface area contributed by atoms with Crippen LogP contribution in [0.25, 0.3) is 16.8 Å². The Morgan fingerprint density at radius 1 is 1.04 bits per heavy atom. The summed E-state index contributed by atoms with van der Waals surface area (Å²) < 4.78 is 5.15. The van der Waals surface area contributed by atoms with Gasteiger partial charge in [0.15, 0.2) is 5.78 Å². The Morgan fingerprint density at radius 3 is 2.46 bits per heavy atom. The summed E-state index contributed by atoms with van der Waals surface area (Å²) >= 11 is 0. The number of furan rings is 1. The van der Waals surface area contributed by atoms with E-state index in [9.17, 15) is 14.7 Å². The minimum atomic E-state index is -1.26. The number of carbonyl (C=O) groups excluding carboxylic acids is 2. The van der Waals surface area contributed by atoms with Gasteiger partial charge in [-0.3, -0.25) is 4.79 Å². The molecular formula is C19H13NaO4. The Morgan fingerprint density at radius 2 is 1.79 bits per heavy atom. The standard InChI is InChI=1S/C19H14O4.Na/c1-12-4-2-6-15-14(8-9-16(18(12)15)19(21)22)17(20)10-7-13-5-3-11-23-13;/h2-11H,1H3,(H,21,22);/q;+1/p-1/b10-7+;. The van der Waals surface area contributed by atoms with Crippen molar-refractivity contribution in [1.82, 2.24) is 0 Å². The number of carbonyl (C=O) groups is 2. The van der Waals surface area contributed by atoms with Crippen molar-refractivity contribution >= 4 is 28.6 Å². The van der Waals surface area contributed by atoms with Gasteiger partial charge in [0.25, 0.3) is 0 Å². The summed E-state index contributed by atoms with van der Waals surface area (Å²) in [5, 5.41) is 12.4. The van der Waals surface area contributed by atoms with Crippen molar-refractivity contribution in [2.45, 2.75) is 6.92 Å². The minimum Gasteiger partial charge on any atom is -0.545 e. The normalized spacial score (nSPS) is 10.7. The summed E-state index contributed by atoms with van der Waals surface area (Å²) in [7, 11) is 0. The Kier molecular flexibility index (Phi) is 5.78. The fourth-order valence-electron chi connectivity index (χ4n) is 2.61. The van der Waals surface area contributed by atoms with Gasteiger partial charge < -0.3 is 14.3 Å². The number of benzene rings is 2. The van der Waals surface area contributed by atoms with Crippen molar-refractivity contribution in [3.63, 3.8) is 0 Å². The van der Waals surface area contributed by atoms with E-state index < -0.39 is 5.97 Å². The van der Waals surface area contributed by atoms with Crippen LogP contribution in [0.3, 0.4) is 0 Å². The van der Waals surface area contributed by atoms with E-state index in [0.717, 1.165) is 5.56 Å². The molecule has 0 aliphatic carbocycles. The van der Waals surface area contributed by atoms with Crippen molar-refractivity contribution in [2.24, 2.45) is 0 Å². The van der Waals surface area contributed by atoms with Crippen molar-refractivity contribution < 1.29 is 48.7 Å². The first kappa shape index (κ1) is 18.2. The zero-order valence-electron chi connectivity index (χ0n) is 13.4. The van der Waals surface area contributed by atoms with Crippen molar-refractivity contribution in [3.8, 4) is 0 Å². The smallest absolute Gasteiger partial charge is 0.545 e. The average molecular weight is 328 g/mol. The summed E-state index contributed by atoms with van der Waals surface area (Å²) in [4.78, 5) is 23.8. The number of ketones is 1. The van der Waals surface area contributed by atoms with Gasteiger partial charge in [-0.25, -0.2) is 0 Å². The number of carboxylic acids is 1. The second kappa shape index (κ2) is 7.62. The summed E-state index contributed by atoms with van der Waals surface area (Å²) in [6.45, 7) is 1.81. The molecule has 3 rings (SSSR count). The molecule has 0 bridgehead atoms. The number of fused-ring (bicyclic) bond motifs is 1. The van der Waals surface area contributed by atoms with Gasteiger partial charge in [-0.1, -0.05) is 24.3 Å². The topological polar surface area (TPSA) is 70.3 Å². The predicted molar refractivity (Wildman–Crippen MR) is 85.1 cm³/mol. The molecule has 4 nitrogen and oxygen atoms in total. The largest absolute Gasteiger partial charge is 1.00 e. The maximum atomic E-state index is 12.5. The molecule has 0 aliphatic heterocycles. The van der Waals surface area contributed by atoms with E-state index in [0.29, 0.717) is 22.1 Å². The Labute approximate surface area is 161 Å². The third-order valence-corrected chi connectivity index (χ3v) is 3.68. The molecule has 0 radical (unpaired) electrons. The molecule has 3 aromatic rings. The van der Waals surface area contributed by atoms with Crippen molar-refractivity contribution in [1.29, 1.82) is 0 Å². The van der Waals surface area contributed by atoms with Crippen LogP contribution < -0.4 is 34.7 Å². The number of allylic oxidation sites excluding steroid dienone is 1. The van der Waals surface area contributed by atoms with Gasteiger partial charge in [0.1, 0.15) is 5.76 Å². The fraction of sp³-hybridized carbons (Fsp3) is 0.0526. The maximum Gasteiger partial charge on any atom is 1.00 e. The molecule has 114 valence electrons. The number of carboxylic acid groups (broad SMARTS) is 1. The quantitative estimate of drug-likeness (QED) is 0.384. The van der Waals surface area contributed by atoms with Crippen LogP contribution in [0.15, 0.2) is 59.2 Å². The van der Waals surface area contributed by atoms with E-state index in [-0.39, 0.29) is 40.9 Å². The van der Waals surface area contributed by atoms with Crippen LogP contribution in [0.1, 0.15) is 32.0 Å². The first-order valence-corrected chi connectivity index (χ1v) is 7.07. The molecule has 0 aliphatic rings. The van der Waals surface area contributed by atoms with Crippen molar-refractivity contribution in [3.05, 3.63) is 77.3 Å². The number of aromatic carboxylic acids is 1. The van der Waals surface area contributed by atoms with E-state index >= 15 is 0 Å². The third-order valence-electron chi connectivity index (χ3n) is 3.68. The molecular weight excluding hydrogens is 315 g/mol. The summed E-state index contributed by atoms with van der Waals surface area (Å²) in [6, 6.07) is 11.7. The van der Waals surface area contributed by atoms with Crippen LogP contribution in [-0.2, 0) is 0 Å². The van der Waals surface area contributed by atoms with Crippen LogP contribution in [-0.4, -0.2) is 11.8 Å². The average Bonchev–Trinajstić information content (AvgIpc) is 3.05. The van der Waals surface area contributed by atoms with Crippen LogP contribution in [0.5, 0.6) is 0 Å². The number of hydrogen-bond acceptors (Lipinski definition) is 4. The zero-order chi connectivity index (χ0) is 16.4. The van der Waals surface area contributed by atoms with E-state index in [1.165, 1.54) is 24.5 Å². The second-order valence-corrected chi connectivity index (χ2v) is 5.16. The van der Waals surface area contributed by atoms with Gasteiger partial charge in [0.05, 0.1) is 12.2 Å². The van der Waals surface area contributed by atoms with E-state index in [4.69, 9.17) is 4.42 Å². The van der Waals surface area contributed by atoms with E-state index in [1.54, 1.807) is 30.3 Å². The van der Waals surface area contributed by atoms with Gasteiger partial charge in [-0.05, 0) is 53.6 Å². The fourth-order valence-corrected chi connectivity index (χ4v) is 2.61. The SMILES string of the molecule is Cc1cccc2c(C(=O)/C=C/c3ccco3)ccc(C(=O)[O-])c12.[Na+]. The van der Waals surface area contributed by atoms with Gasteiger partial charge in [-0.2, -0.15) is 0 Å². The maximum absolute atomic E-state index is 12.5. The molecule has 0 fully saturated rings. The van der Waals surface area contributed by atoms with Crippen LogP contribution in [0.4, 0.5) is 0 Å². The van der Waals surface area contributed by atoms with Crippen molar-refractivity contribution in [2.75, 3.05) is 0 Å². The van der Waals surface area contributed by atoms with E-state index in [2.05, 4.69) is 0 Å². The molecule has 0 amide bonds. The molecule has 2 aromatic carbocycles. The van der Waals surface area contributed by atoms with Gasteiger partial charge in [0, 0.05) is 11.1 Å². The van der Waals surface area contributed by atoms with Gasteiger partial charge in [0.2, 0.25) is 0 Å². The molecule has 0 unspecified atom stereocenters. The Bertz CT molecular complexity index is 924. The Hall–Kier alpha value is -2.14. The number of aryl methyl sites for hydroxylation is 1. The molecule has 0 atom stereocenters. The number of hydrogen-bond donors (Lipinski definition) is 0. The first-order chi connectivity index (χ1) is 11.1. The molecule has 0 saturated carbocycles. The molecule has 5 heteroatoms. The van der Waals surface area contributed by atoms with Gasteiger partial charge >= 0.3 is 29.6 Å². The van der Waals surface area contributed by atoms with Crippen LogP contribution in [0, 0.1) is 6.92 Å². The monoisotopic (exact) mass is 328 g/mol. The molecule has 24 heavy (non-hydrogen) atoms. The van der Waals surface area contributed by atoms with Crippen LogP contribution >= 0.6 is 0 Å². The summed E-state index contributed by atoms with van der Waals surface area (Å²) in [6.07, 6.45) is 4.52. The van der Waals surface area contributed by atoms with Gasteiger partial charge in [-0.15, -0.1) is 0 Å². The molecule has 1 heterocycles. The summed E-state index contributed by atoms with van der Waals surface area (Å²) in [5.74, 6) is -0.901. The number of rotatable bonds is 4. The summed E-state index contributed by atoms with van der Waals surface area (Å²) in [5.41, 5.74) is 1.31. The predicted octanol–water partition coefficient (Wildman–Crippen LogP) is 0.00482. The Balaban J connectivity index is 0.00000208. The van der Waals surface area contributed by atoms with E-state index in [1.807, 2.05) is 13.0 Å².